The van der Waals surface area contributed by atoms with E-state index in [4.69, 9.17) is 0 Å². The maximum atomic E-state index is 11.2. The number of carbonyl (C=O) groups is 2. The molecule has 1 aromatic carbocycles. The number of non-ortho nitro benzene ring substituents is 1. The number of nitro benzene ring substituents is 1. The first kappa shape index (κ1) is 11.8. The minimum atomic E-state index is -1.22. The van der Waals surface area contributed by atoms with E-state index in [9.17, 15) is 19.7 Å². The predicted octanol–water partition coefficient (Wildman–Crippen LogP) is 1.17. The SMILES string of the molecule is O=C1COC(=O)C1N=Nc1ccc([N+](=O)[O-])cc1. The third kappa shape index (κ3) is 2.37. The molecule has 0 aliphatic carbocycles. The normalized spacial score (nSPS) is 19.2. The van der Waals surface area contributed by atoms with Crippen molar-refractivity contribution in [3.8, 4) is 0 Å². The first-order valence-electron chi connectivity index (χ1n) is 4.92. The van der Waals surface area contributed by atoms with Crippen LogP contribution in [-0.4, -0.2) is 29.3 Å². The van der Waals surface area contributed by atoms with Crippen LogP contribution in [0.25, 0.3) is 0 Å². The Labute approximate surface area is 100 Å². The number of Topliss-reactive ketones (excluding diaryl/α,β-unsaturated/α-hetero) is 1. The number of nitrogens with zero attached hydrogens (tertiary/aromatic N) is 3. The van der Waals surface area contributed by atoms with Crippen molar-refractivity contribution in [2.75, 3.05) is 6.61 Å². The summed E-state index contributed by atoms with van der Waals surface area (Å²) in [7, 11) is 0. The average molecular weight is 249 g/mol. The van der Waals surface area contributed by atoms with Crippen molar-refractivity contribution in [2.24, 2.45) is 10.2 Å². The molecule has 0 radical (unpaired) electrons. The molecule has 1 heterocycles. The molecule has 1 fully saturated rings. The van der Waals surface area contributed by atoms with Gasteiger partial charge in [0.25, 0.3) is 5.69 Å². The van der Waals surface area contributed by atoms with E-state index in [1.165, 1.54) is 24.3 Å². The number of esters is 1. The summed E-state index contributed by atoms with van der Waals surface area (Å²) in [6, 6.07) is 4.02. The van der Waals surface area contributed by atoms with Gasteiger partial charge in [0.15, 0.2) is 6.61 Å². The number of ketones is 1. The summed E-state index contributed by atoms with van der Waals surface area (Å²) in [6.45, 7) is -0.289. The van der Waals surface area contributed by atoms with E-state index in [-0.39, 0.29) is 12.3 Å². The van der Waals surface area contributed by atoms with Crippen LogP contribution < -0.4 is 0 Å². The highest BCUT2D eigenvalue weighted by Gasteiger charge is 2.35. The topological polar surface area (TPSA) is 111 Å². The lowest BCUT2D eigenvalue weighted by Gasteiger charge is -1.95. The zero-order valence-corrected chi connectivity index (χ0v) is 8.98. The van der Waals surface area contributed by atoms with Gasteiger partial charge in [-0.25, -0.2) is 4.79 Å². The highest BCUT2D eigenvalue weighted by molar-refractivity contribution is 6.08. The van der Waals surface area contributed by atoms with Gasteiger partial charge in [-0.3, -0.25) is 14.9 Å². The molecule has 0 N–H and O–H groups in total. The van der Waals surface area contributed by atoms with Gasteiger partial charge in [-0.05, 0) is 12.1 Å². The van der Waals surface area contributed by atoms with Crippen LogP contribution in [0.1, 0.15) is 0 Å². The van der Waals surface area contributed by atoms with Crippen LogP contribution in [0.3, 0.4) is 0 Å². The van der Waals surface area contributed by atoms with Gasteiger partial charge in [0, 0.05) is 12.1 Å². The molecule has 0 spiro atoms. The molecule has 2 rings (SSSR count). The van der Waals surface area contributed by atoms with E-state index < -0.39 is 22.7 Å². The molecule has 18 heavy (non-hydrogen) atoms. The Morgan fingerprint density at radius 1 is 1.28 bits per heavy atom. The van der Waals surface area contributed by atoms with Crippen molar-refractivity contribution < 1.29 is 19.2 Å². The number of nitro groups is 1. The summed E-state index contributed by atoms with van der Waals surface area (Å²) >= 11 is 0. The van der Waals surface area contributed by atoms with E-state index in [0.29, 0.717) is 5.69 Å². The smallest absolute Gasteiger partial charge is 0.341 e. The third-order valence-corrected chi connectivity index (χ3v) is 2.23. The lowest BCUT2D eigenvalue weighted by atomic mass is 10.2. The Kier molecular flexibility index (Phi) is 3.09. The zero-order valence-electron chi connectivity index (χ0n) is 8.98. The molecule has 1 unspecified atom stereocenters. The minimum absolute atomic E-state index is 0.0784. The summed E-state index contributed by atoms with van der Waals surface area (Å²) in [4.78, 5) is 32.1. The predicted molar refractivity (Wildman–Crippen MR) is 57.4 cm³/mol. The molecular weight excluding hydrogens is 242 g/mol. The lowest BCUT2D eigenvalue weighted by molar-refractivity contribution is -0.384. The van der Waals surface area contributed by atoms with Gasteiger partial charge in [-0.15, -0.1) is 0 Å². The van der Waals surface area contributed by atoms with Crippen molar-refractivity contribution in [1.82, 2.24) is 0 Å². The molecule has 1 saturated heterocycles. The van der Waals surface area contributed by atoms with Crippen LogP contribution in [0.2, 0.25) is 0 Å². The van der Waals surface area contributed by atoms with E-state index >= 15 is 0 Å². The van der Waals surface area contributed by atoms with Gasteiger partial charge < -0.3 is 4.74 Å². The third-order valence-electron chi connectivity index (χ3n) is 2.23. The van der Waals surface area contributed by atoms with Gasteiger partial charge >= 0.3 is 5.97 Å². The highest BCUT2D eigenvalue weighted by atomic mass is 16.6. The van der Waals surface area contributed by atoms with Crippen LogP contribution in [0, 0.1) is 10.1 Å². The standard InChI is InChI=1S/C10H7N3O5/c14-8-5-18-10(15)9(8)12-11-6-1-3-7(4-2-6)13(16)17/h1-4,9H,5H2. The van der Waals surface area contributed by atoms with Gasteiger partial charge in [0.2, 0.25) is 11.8 Å². The van der Waals surface area contributed by atoms with Crippen LogP contribution in [0.4, 0.5) is 11.4 Å². The Hall–Kier alpha value is -2.64. The number of ether oxygens (including phenoxy) is 1. The van der Waals surface area contributed by atoms with E-state index in [1.54, 1.807) is 0 Å². The fraction of sp³-hybridized carbons (Fsp3) is 0.200. The maximum Gasteiger partial charge on any atom is 0.341 e. The fourth-order valence-electron chi connectivity index (χ4n) is 1.31. The maximum absolute atomic E-state index is 11.2. The molecule has 0 bridgehead atoms. The Bertz CT molecular complexity index is 521. The number of carbonyl (C=O) groups excluding carboxylic acids is 2. The molecule has 1 aliphatic rings. The summed E-state index contributed by atoms with van der Waals surface area (Å²) < 4.78 is 4.49. The van der Waals surface area contributed by atoms with Gasteiger partial charge in [-0.1, -0.05) is 0 Å². The summed E-state index contributed by atoms with van der Waals surface area (Å²) in [5.74, 6) is -1.18. The number of hydrogen-bond acceptors (Lipinski definition) is 7. The molecule has 1 atom stereocenters. The second kappa shape index (κ2) is 4.70. The molecule has 0 saturated carbocycles. The monoisotopic (exact) mass is 249 g/mol. The molecular formula is C10H7N3O5. The van der Waals surface area contributed by atoms with Crippen molar-refractivity contribution in [3.63, 3.8) is 0 Å². The average Bonchev–Trinajstić information content (AvgIpc) is 2.67. The van der Waals surface area contributed by atoms with Gasteiger partial charge in [0.05, 0.1) is 10.6 Å². The van der Waals surface area contributed by atoms with Crippen LogP contribution in [-0.2, 0) is 14.3 Å². The zero-order chi connectivity index (χ0) is 13.1. The second-order valence-electron chi connectivity index (χ2n) is 3.47. The summed E-state index contributed by atoms with van der Waals surface area (Å²) in [6.07, 6.45) is 0. The highest BCUT2D eigenvalue weighted by Crippen LogP contribution is 2.19. The first-order valence-corrected chi connectivity index (χ1v) is 4.92. The van der Waals surface area contributed by atoms with Gasteiger partial charge in [0.1, 0.15) is 0 Å². The summed E-state index contributed by atoms with van der Waals surface area (Å²) in [5, 5.41) is 17.6. The van der Waals surface area contributed by atoms with Crippen LogP contribution in [0.15, 0.2) is 34.5 Å². The fourth-order valence-corrected chi connectivity index (χ4v) is 1.31. The van der Waals surface area contributed by atoms with Crippen molar-refractivity contribution in [1.29, 1.82) is 0 Å². The number of cyclic esters (lactones) is 1. The van der Waals surface area contributed by atoms with E-state index in [1.807, 2.05) is 0 Å². The second-order valence-corrected chi connectivity index (χ2v) is 3.47. The lowest BCUT2D eigenvalue weighted by Crippen LogP contribution is -2.18. The first-order chi connectivity index (χ1) is 8.58. The van der Waals surface area contributed by atoms with E-state index in [2.05, 4.69) is 15.0 Å². The Morgan fingerprint density at radius 3 is 2.44 bits per heavy atom. The van der Waals surface area contributed by atoms with Crippen molar-refractivity contribution in [2.45, 2.75) is 6.04 Å². The van der Waals surface area contributed by atoms with Crippen molar-refractivity contribution in [3.05, 3.63) is 34.4 Å². The summed E-state index contributed by atoms with van der Waals surface area (Å²) in [5.41, 5.74) is 0.235. The van der Waals surface area contributed by atoms with Gasteiger partial charge in [-0.2, -0.15) is 10.2 Å². The molecule has 0 amide bonds. The number of benzene rings is 1. The quantitative estimate of drug-likeness (QED) is 0.262. The molecule has 0 aromatic heterocycles. The molecule has 8 heteroatoms. The van der Waals surface area contributed by atoms with Crippen molar-refractivity contribution >= 4 is 23.1 Å². The van der Waals surface area contributed by atoms with Crippen LogP contribution >= 0.6 is 0 Å². The number of hydrogen-bond donors (Lipinski definition) is 0. The Balaban J connectivity index is 2.11. The Morgan fingerprint density at radius 2 is 1.94 bits per heavy atom. The molecule has 92 valence electrons. The van der Waals surface area contributed by atoms with E-state index in [0.717, 1.165) is 0 Å². The van der Waals surface area contributed by atoms with Crippen LogP contribution in [0.5, 0.6) is 0 Å². The minimum Gasteiger partial charge on any atom is -0.456 e. The number of azo groups is 1. The molecule has 1 aromatic rings. The largest absolute Gasteiger partial charge is 0.456 e. The number of rotatable bonds is 3. The molecule has 8 nitrogen and oxygen atoms in total. The molecule has 1 aliphatic heterocycles.